The summed E-state index contributed by atoms with van der Waals surface area (Å²) in [6, 6.07) is 2.46. The number of rotatable bonds is 6. The summed E-state index contributed by atoms with van der Waals surface area (Å²) in [4.78, 5) is 11.6. The molecule has 0 radical (unpaired) electrons. The molecule has 1 heterocycles. The predicted octanol–water partition coefficient (Wildman–Crippen LogP) is 0.292. The lowest BCUT2D eigenvalue weighted by Gasteiger charge is -2.04. The third-order valence-electron chi connectivity index (χ3n) is 2.60. The first-order chi connectivity index (χ1) is 7.75. The summed E-state index contributed by atoms with van der Waals surface area (Å²) in [5.41, 5.74) is 0.484. The average Bonchev–Trinajstić information content (AvgIpc) is 2.99. The van der Waals surface area contributed by atoms with Gasteiger partial charge in [0.05, 0.1) is 0 Å². The smallest absolute Gasteiger partial charge is 0.271 e. The van der Waals surface area contributed by atoms with Crippen LogP contribution in [-0.2, 0) is 7.05 Å². The maximum Gasteiger partial charge on any atom is 0.271 e. The Morgan fingerprint density at radius 3 is 3.00 bits per heavy atom. The van der Waals surface area contributed by atoms with E-state index >= 15 is 0 Å². The van der Waals surface area contributed by atoms with Crippen molar-refractivity contribution < 1.29 is 4.79 Å². The van der Waals surface area contributed by atoms with Crippen LogP contribution in [0.1, 0.15) is 29.8 Å². The van der Waals surface area contributed by atoms with E-state index in [1.54, 1.807) is 24.0 Å². The zero-order chi connectivity index (χ0) is 11.4. The summed E-state index contributed by atoms with van der Waals surface area (Å²) in [5, 5.41) is 10.3. The van der Waals surface area contributed by atoms with Crippen LogP contribution in [0.15, 0.2) is 12.3 Å². The van der Waals surface area contributed by atoms with Gasteiger partial charge >= 0.3 is 0 Å². The second-order valence-electron chi connectivity index (χ2n) is 4.21. The maximum absolute atomic E-state index is 11.6. The Labute approximate surface area is 95.2 Å². The van der Waals surface area contributed by atoms with E-state index in [9.17, 15) is 4.79 Å². The molecule has 88 valence electrons. The molecule has 1 saturated carbocycles. The molecule has 5 heteroatoms. The Hall–Kier alpha value is -1.36. The molecule has 2 rings (SSSR count). The summed E-state index contributed by atoms with van der Waals surface area (Å²) in [6.45, 7) is 1.68. The third kappa shape index (κ3) is 3.34. The second-order valence-corrected chi connectivity index (χ2v) is 4.21. The standard InChI is InChI=1S/C11H18N4O/c1-15-8-5-10(14-15)11(16)13-7-2-6-12-9-3-4-9/h5,8-9,12H,2-4,6-7H2,1H3,(H,13,16). The predicted molar refractivity (Wildman–Crippen MR) is 61.2 cm³/mol. The Bertz CT molecular complexity index is 357. The lowest BCUT2D eigenvalue weighted by Crippen LogP contribution is -2.28. The van der Waals surface area contributed by atoms with E-state index in [1.165, 1.54) is 12.8 Å². The highest BCUT2D eigenvalue weighted by Gasteiger charge is 2.19. The molecule has 16 heavy (non-hydrogen) atoms. The molecule has 1 aromatic rings. The van der Waals surface area contributed by atoms with Crippen LogP contribution in [0.5, 0.6) is 0 Å². The molecule has 1 fully saturated rings. The van der Waals surface area contributed by atoms with Crippen LogP contribution in [0.2, 0.25) is 0 Å². The van der Waals surface area contributed by atoms with Crippen molar-refractivity contribution in [2.45, 2.75) is 25.3 Å². The van der Waals surface area contributed by atoms with Gasteiger partial charge in [0.25, 0.3) is 5.91 Å². The van der Waals surface area contributed by atoms with Crippen LogP contribution in [0.25, 0.3) is 0 Å². The van der Waals surface area contributed by atoms with Crippen molar-refractivity contribution in [2.24, 2.45) is 7.05 Å². The van der Waals surface area contributed by atoms with E-state index in [-0.39, 0.29) is 5.91 Å². The number of aryl methyl sites for hydroxylation is 1. The molecule has 1 aliphatic carbocycles. The molecular formula is C11H18N4O. The summed E-state index contributed by atoms with van der Waals surface area (Å²) in [6.07, 6.45) is 5.35. The van der Waals surface area contributed by atoms with Crippen molar-refractivity contribution in [3.8, 4) is 0 Å². The molecule has 5 nitrogen and oxygen atoms in total. The quantitative estimate of drug-likeness (QED) is 0.680. The molecule has 0 aliphatic heterocycles. The number of carbonyl (C=O) groups is 1. The normalized spacial score (nSPS) is 15.1. The van der Waals surface area contributed by atoms with Gasteiger partial charge < -0.3 is 10.6 Å². The first kappa shape index (κ1) is 11.1. The van der Waals surface area contributed by atoms with Crippen LogP contribution < -0.4 is 10.6 Å². The summed E-state index contributed by atoms with van der Waals surface area (Å²) in [7, 11) is 1.80. The Morgan fingerprint density at radius 1 is 1.56 bits per heavy atom. The molecule has 0 saturated heterocycles. The minimum atomic E-state index is -0.0907. The molecule has 1 amide bonds. The maximum atomic E-state index is 11.6. The van der Waals surface area contributed by atoms with E-state index < -0.39 is 0 Å². The number of aromatic nitrogens is 2. The highest BCUT2D eigenvalue weighted by atomic mass is 16.1. The highest BCUT2D eigenvalue weighted by Crippen LogP contribution is 2.18. The molecule has 0 spiro atoms. The Kier molecular flexibility index (Phi) is 3.56. The minimum absolute atomic E-state index is 0.0907. The molecule has 1 aromatic heterocycles. The van der Waals surface area contributed by atoms with Crippen molar-refractivity contribution in [3.63, 3.8) is 0 Å². The molecule has 1 aliphatic rings. The van der Waals surface area contributed by atoms with Crippen LogP contribution in [-0.4, -0.2) is 34.8 Å². The second kappa shape index (κ2) is 5.12. The SMILES string of the molecule is Cn1ccc(C(=O)NCCCNC2CC2)n1. The van der Waals surface area contributed by atoms with Crippen molar-refractivity contribution in [3.05, 3.63) is 18.0 Å². The van der Waals surface area contributed by atoms with Crippen LogP contribution in [0, 0.1) is 0 Å². The topological polar surface area (TPSA) is 59.0 Å². The highest BCUT2D eigenvalue weighted by molar-refractivity contribution is 5.92. The third-order valence-corrected chi connectivity index (χ3v) is 2.60. The van der Waals surface area contributed by atoms with Crippen molar-refractivity contribution in [1.29, 1.82) is 0 Å². The minimum Gasteiger partial charge on any atom is -0.351 e. The van der Waals surface area contributed by atoms with E-state index in [0.29, 0.717) is 12.2 Å². The van der Waals surface area contributed by atoms with Crippen LogP contribution in [0.4, 0.5) is 0 Å². The van der Waals surface area contributed by atoms with Gasteiger partial charge in [-0.25, -0.2) is 0 Å². The van der Waals surface area contributed by atoms with Gasteiger partial charge in [-0.15, -0.1) is 0 Å². The van der Waals surface area contributed by atoms with Crippen LogP contribution in [0.3, 0.4) is 0 Å². The molecule has 0 aromatic carbocycles. The van der Waals surface area contributed by atoms with Gasteiger partial charge in [-0.2, -0.15) is 5.10 Å². The van der Waals surface area contributed by atoms with Gasteiger partial charge in [-0.1, -0.05) is 0 Å². The van der Waals surface area contributed by atoms with E-state index in [2.05, 4.69) is 15.7 Å². The van der Waals surface area contributed by atoms with Crippen LogP contribution >= 0.6 is 0 Å². The first-order valence-corrected chi connectivity index (χ1v) is 5.77. The Morgan fingerprint density at radius 2 is 2.38 bits per heavy atom. The fourth-order valence-corrected chi connectivity index (χ4v) is 1.51. The fourth-order valence-electron chi connectivity index (χ4n) is 1.51. The lowest BCUT2D eigenvalue weighted by atomic mass is 10.3. The molecule has 0 bridgehead atoms. The summed E-state index contributed by atoms with van der Waals surface area (Å²) in [5.74, 6) is -0.0907. The van der Waals surface area contributed by atoms with Crippen molar-refractivity contribution in [2.75, 3.05) is 13.1 Å². The largest absolute Gasteiger partial charge is 0.351 e. The molecule has 0 atom stereocenters. The van der Waals surface area contributed by atoms with Gasteiger partial charge in [0, 0.05) is 25.8 Å². The number of amides is 1. The van der Waals surface area contributed by atoms with Gasteiger partial charge in [-0.3, -0.25) is 9.48 Å². The van der Waals surface area contributed by atoms with Crippen molar-refractivity contribution in [1.82, 2.24) is 20.4 Å². The van der Waals surface area contributed by atoms with Gasteiger partial charge in [0.2, 0.25) is 0 Å². The average molecular weight is 222 g/mol. The zero-order valence-electron chi connectivity index (χ0n) is 9.57. The first-order valence-electron chi connectivity index (χ1n) is 5.77. The molecule has 0 unspecified atom stereocenters. The summed E-state index contributed by atoms with van der Waals surface area (Å²) < 4.78 is 1.63. The molecule has 2 N–H and O–H groups in total. The van der Waals surface area contributed by atoms with E-state index in [1.807, 2.05) is 0 Å². The van der Waals surface area contributed by atoms with Crippen molar-refractivity contribution >= 4 is 5.91 Å². The van der Waals surface area contributed by atoms with Gasteiger partial charge in [0.1, 0.15) is 5.69 Å². The number of nitrogens with one attached hydrogen (secondary N) is 2. The lowest BCUT2D eigenvalue weighted by molar-refractivity contribution is 0.0947. The molecular weight excluding hydrogens is 204 g/mol. The van der Waals surface area contributed by atoms with Gasteiger partial charge in [0.15, 0.2) is 0 Å². The van der Waals surface area contributed by atoms with E-state index in [4.69, 9.17) is 0 Å². The number of hydrogen-bond acceptors (Lipinski definition) is 3. The summed E-state index contributed by atoms with van der Waals surface area (Å²) >= 11 is 0. The van der Waals surface area contributed by atoms with E-state index in [0.717, 1.165) is 19.0 Å². The fraction of sp³-hybridized carbons (Fsp3) is 0.636. The number of nitrogens with zero attached hydrogens (tertiary/aromatic N) is 2. The monoisotopic (exact) mass is 222 g/mol. The zero-order valence-corrected chi connectivity index (χ0v) is 9.57. The van der Waals surface area contributed by atoms with Gasteiger partial charge in [-0.05, 0) is 31.9 Å². The Balaban J connectivity index is 1.59. The number of hydrogen-bond donors (Lipinski definition) is 2. The number of carbonyl (C=O) groups excluding carboxylic acids is 1.